The molecule has 6 nitrogen and oxygen atoms in total. The Bertz CT molecular complexity index is 1010. The topological polar surface area (TPSA) is 73.1 Å². The Labute approximate surface area is 148 Å². The molecule has 0 atom stereocenters. The van der Waals surface area contributed by atoms with Crippen LogP contribution in [0.2, 0.25) is 0 Å². The van der Waals surface area contributed by atoms with Crippen LogP contribution in [0.5, 0.6) is 5.75 Å². The second-order valence-electron chi connectivity index (χ2n) is 5.57. The number of fused-ring (bicyclic) bond motifs is 1. The van der Waals surface area contributed by atoms with E-state index in [-0.39, 0.29) is 0 Å². The fourth-order valence-electron chi connectivity index (χ4n) is 2.66. The van der Waals surface area contributed by atoms with Crippen LogP contribution >= 0.6 is 11.3 Å². The molecule has 1 aromatic carbocycles. The highest BCUT2D eigenvalue weighted by Gasteiger charge is 2.13. The van der Waals surface area contributed by atoms with Gasteiger partial charge in [0.1, 0.15) is 22.7 Å². The second-order valence-corrected chi connectivity index (χ2v) is 6.43. The van der Waals surface area contributed by atoms with E-state index in [2.05, 4.69) is 25.8 Å². The first-order valence-electron chi connectivity index (χ1n) is 7.77. The van der Waals surface area contributed by atoms with E-state index in [1.807, 2.05) is 37.3 Å². The zero-order valence-corrected chi connectivity index (χ0v) is 14.6. The van der Waals surface area contributed by atoms with Gasteiger partial charge in [0.15, 0.2) is 5.76 Å². The number of hydrogen-bond donors (Lipinski definition) is 1. The molecule has 3 aromatic heterocycles. The van der Waals surface area contributed by atoms with Crippen LogP contribution in [0.3, 0.4) is 0 Å². The molecule has 0 saturated carbocycles. The monoisotopic (exact) mass is 352 g/mol. The van der Waals surface area contributed by atoms with Crippen LogP contribution in [0.15, 0.2) is 46.6 Å². The van der Waals surface area contributed by atoms with Gasteiger partial charge in [-0.1, -0.05) is 17.3 Å². The summed E-state index contributed by atoms with van der Waals surface area (Å²) in [6, 6.07) is 9.89. The number of ether oxygens (including phenoxy) is 1. The molecule has 126 valence electrons. The molecule has 1 N–H and O–H groups in total. The molecule has 0 aliphatic heterocycles. The molecule has 4 aromatic rings. The summed E-state index contributed by atoms with van der Waals surface area (Å²) < 4.78 is 10.5. The zero-order valence-electron chi connectivity index (χ0n) is 13.8. The van der Waals surface area contributed by atoms with Gasteiger partial charge in [-0.05, 0) is 24.6 Å². The number of hydrogen-bond acceptors (Lipinski definition) is 7. The van der Waals surface area contributed by atoms with Crippen LogP contribution in [-0.4, -0.2) is 22.2 Å². The van der Waals surface area contributed by atoms with E-state index in [4.69, 9.17) is 9.26 Å². The molecule has 3 heterocycles. The summed E-state index contributed by atoms with van der Waals surface area (Å²) in [6.07, 6.45) is 1.57. The van der Waals surface area contributed by atoms with Crippen LogP contribution in [0.25, 0.3) is 21.3 Å². The maximum absolute atomic E-state index is 5.25. The molecule has 0 aliphatic carbocycles. The third-order valence-corrected chi connectivity index (χ3v) is 4.76. The van der Waals surface area contributed by atoms with Crippen molar-refractivity contribution < 1.29 is 9.26 Å². The van der Waals surface area contributed by atoms with Gasteiger partial charge in [-0.15, -0.1) is 11.3 Å². The molecule has 0 spiro atoms. The first-order chi connectivity index (χ1) is 12.2. The highest BCUT2D eigenvalue weighted by atomic mass is 32.1. The van der Waals surface area contributed by atoms with Crippen molar-refractivity contribution >= 4 is 27.4 Å². The van der Waals surface area contributed by atoms with Crippen molar-refractivity contribution in [1.29, 1.82) is 0 Å². The summed E-state index contributed by atoms with van der Waals surface area (Å²) in [5.74, 6) is 2.38. The van der Waals surface area contributed by atoms with E-state index in [9.17, 15) is 0 Å². The van der Waals surface area contributed by atoms with Gasteiger partial charge in [0.05, 0.1) is 24.7 Å². The third-order valence-electron chi connectivity index (χ3n) is 3.88. The van der Waals surface area contributed by atoms with Crippen molar-refractivity contribution in [3.63, 3.8) is 0 Å². The Hall–Kier alpha value is -2.93. The summed E-state index contributed by atoms with van der Waals surface area (Å²) >= 11 is 1.60. The van der Waals surface area contributed by atoms with Crippen molar-refractivity contribution in [1.82, 2.24) is 15.1 Å². The largest absolute Gasteiger partial charge is 0.497 e. The second kappa shape index (κ2) is 6.52. The average Bonchev–Trinajstić information content (AvgIpc) is 3.26. The average molecular weight is 352 g/mol. The van der Waals surface area contributed by atoms with Gasteiger partial charge >= 0.3 is 0 Å². The highest BCUT2D eigenvalue weighted by Crippen LogP contribution is 2.37. The molecular weight excluding hydrogens is 336 g/mol. The van der Waals surface area contributed by atoms with Gasteiger partial charge in [0.25, 0.3) is 0 Å². The Morgan fingerprint density at radius 1 is 1.20 bits per heavy atom. The molecule has 25 heavy (non-hydrogen) atoms. The number of aromatic nitrogens is 3. The summed E-state index contributed by atoms with van der Waals surface area (Å²) in [5.41, 5.74) is 3.05. The summed E-state index contributed by atoms with van der Waals surface area (Å²) in [6.45, 7) is 2.42. The predicted molar refractivity (Wildman–Crippen MR) is 98.0 cm³/mol. The summed E-state index contributed by atoms with van der Waals surface area (Å²) in [5, 5.41) is 10.3. The molecular formula is C18H16N4O2S. The quantitative estimate of drug-likeness (QED) is 0.578. The molecule has 0 aliphatic rings. The fourth-order valence-corrected chi connectivity index (χ4v) is 3.58. The minimum Gasteiger partial charge on any atom is -0.497 e. The smallest absolute Gasteiger partial charge is 0.156 e. The number of methoxy groups -OCH3 is 1. The molecule has 0 radical (unpaired) electrons. The maximum atomic E-state index is 5.25. The lowest BCUT2D eigenvalue weighted by Gasteiger charge is -2.07. The Morgan fingerprint density at radius 3 is 2.76 bits per heavy atom. The lowest BCUT2D eigenvalue weighted by Crippen LogP contribution is -2.01. The lowest BCUT2D eigenvalue weighted by molar-refractivity contribution is 0.384. The van der Waals surface area contributed by atoms with E-state index in [0.717, 1.165) is 44.4 Å². The minimum atomic E-state index is 0.519. The maximum Gasteiger partial charge on any atom is 0.156 e. The number of nitrogens with one attached hydrogen (secondary N) is 1. The van der Waals surface area contributed by atoms with E-state index in [1.54, 1.807) is 24.8 Å². The van der Waals surface area contributed by atoms with Gasteiger partial charge in [-0.25, -0.2) is 9.97 Å². The number of anilines is 1. The van der Waals surface area contributed by atoms with Crippen molar-refractivity contribution in [2.75, 3.05) is 12.4 Å². The third kappa shape index (κ3) is 3.06. The molecule has 4 rings (SSSR count). The van der Waals surface area contributed by atoms with Crippen LogP contribution in [0.1, 0.15) is 11.5 Å². The van der Waals surface area contributed by atoms with Gasteiger partial charge in [-0.2, -0.15) is 0 Å². The number of nitrogens with zero attached hydrogens (tertiary/aromatic N) is 3. The molecule has 0 bridgehead atoms. The van der Waals surface area contributed by atoms with Crippen LogP contribution in [0.4, 0.5) is 5.82 Å². The molecule has 0 fully saturated rings. The van der Waals surface area contributed by atoms with E-state index in [0.29, 0.717) is 6.54 Å². The first-order valence-corrected chi connectivity index (χ1v) is 8.65. The number of rotatable bonds is 5. The Balaban J connectivity index is 1.70. The first kappa shape index (κ1) is 15.6. The Morgan fingerprint density at radius 2 is 2.04 bits per heavy atom. The van der Waals surface area contributed by atoms with Gasteiger partial charge in [0.2, 0.25) is 0 Å². The van der Waals surface area contributed by atoms with Gasteiger partial charge in [0, 0.05) is 17.0 Å². The van der Waals surface area contributed by atoms with Gasteiger partial charge in [-0.3, -0.25) is 0 Å². The highest BCUT2D eigenvalue weighted by molar-refractivity contribution is 7.17. The number of thiophene rings is 1. The SMILES string of the molecule is COc1ccc(-c2csc3ncnc(NCc4cc(C)no4)c23)cc1. The Kier molecular flexibility index (Phi) is 4.07. The minimum absolute atomic E-state index is 0.519. The van der Waals surface area contributed by atoms with Crippen molar-refractivity contribution in [2.24, 2.45) is 0 Å². The van der Waals surface area contributed by atoms with Gasteiger partial charge < -0.3 is 14.6 Å². The van der Waals surface area contributed by atoms with Crippen LogP contribution in [0, 0.1) is 6.92 Å². The standard InChI is InChI=1S/C18H16N4O2S/c1-11-7-14(24-22-11)8-19-17-16-15(9-25-18(16)21-10-20-17)12-3-5-13(23-2)6-4-12/h3-7,9-10H,8H2,1-2H3,(H,19,20,21). The van der Waals surface area contributed by atoms with Crippen LogP contribution < -0.4 is 10.1 Å². The van der Waals surface area contributed by atoms with Crippen molar-refractivity contribution in [2.45, 2.75) is 13.5 Å². The molecule has 0 unspecified atom stereocenters. The van der Waals surface area contributed by atoms with Crippen molar-refractivity contribution in [3.8, 4) is 16.9 Å². The molecule has 7 heteroatoms. The van der Waals surface area contributed by atoms with Crippen LogP contribution in [-0.2, 0) is 6.54 Å². The number of aryl methyl sites for hydroxylation is 1. The normalized spacial score (nSPS) is 11.0. The zero-order chi connectivity index (χ0) is 17.2. The molecule has 0 saturated heterocycles. The number of benzene rings is 1. The lowest BCUT2D eigenvalue weighted by atomic mass is 10.1. The summed E-state index contributed by atoms with van der Waals surface area (Å²) in [7, 11) is 1.66. The predicted octanol–water partition coefficient (Wildman–Crippen LogP) is 4.28. The summed E-state index contributed by atoms with van der Waals surface area (Å²) in [4.78, 5) is 9.75. The van der Waals surface area contributed by atoms with Crippen molar-refractivity contribution in [3.05, 3.63) is 53.5 Å². The van der Waals surface area contributed by atoms with E-state index >= 15 is 0 Å². The van der Waals surface area contributed by atoms with E-state index in [1.165, 1.54) is 0 Å². The molecule has 0 amide bonds. The fraction of sp³-hybridized carbons (Fsp3) is 0.167. The van der Waals surface area contributed by atoms with E-state index < -0.39 is 0 Å².